The highest BCUT2D eigenvalue weighted by Crippen LogP contribution is 2.26. The van der Waals surface area contributed by atoms with Gasteiger partial charge >= 0.3 is 0 Å². The summed E-state index contributed by atoms with van der Waals surface area (Å²) in [6.07, 6.45) is 9.26. The molecule has 2 aromatic rings. The summed E-state index contributed by atoms with van der Waals surface area (Å²) >= 11 is 0. The maximum absolute atomic E-state index is 5.95. The summed E-state index contributed by atoms with van der Waals surface area (Å²) in [7, 11) is 0. The Balaban J connectivity index is 1.39. The minimum absolute atomic E-state index is 0.666. The van der Waals surface area contributed by atoms with Gasteiger partial charge in [0.05, 0.1) is 13.2 Å². The van der Waals surface area contributed by atoms with Crippen molar-refractivity contribution in [1.82, 2.24) is 0 Å². The zero-order valence-corrected chi connectivity index (χ0v) is 18.2. The van der Waals surface area contributed by atoms with Gasteiger partial charge in [0.2, 0.25) is 0 Å². The molecule has 1 aliphatic carbocycles. The first kappa shape index (κ1) is 21.5. The highest BCUT2D eigenvalue weighted by molar-refractivity contribution is 5.47. The lowest BCUT2D eigenvalue weighted by Crippen LogP contribution is -2.10. The second-order valence-electron chi connectivity index (χ2n) is 8.70. The van der Waals surface area contributed by atoms with E-state index in [-0.39, 0.29) is 0 Å². The summed E-state index contributed by atoms with van der Waals surface area (Å²) in [5.41, 5.74) is 2.33. The lowest BCUT2D eigenvalue weighted by atomic mass is 9.87. The monoisotopic (exact) mass is 395 g/mol. The predicted molar refractivity (Wildman–Crippen MR) is 122 cm³/mol. The quantitative estimate of drug-likeness (QED) is 0.441. The SMILES string of the molecule is CC(C)CCOc1cccc(CNc2ccc(OCCC3CCCCC3)cc2)c1. The van der Waals surface area contributed by atoms with E-state index in [1.165, 1.54) is 44.1 Å². The number of hydrogen-bond donors (Lipinski definition) is 1. The molecule has 3 nitrogen and oxygen atoms in total. The van der Waals surface area contributed by atoms with Gasteiger partial charge < -0.3 is 14.8 Å². The average molecular weight is 396 g/mol. The first-order valence-corrected chi connectivity index (χ1v) is 11.4. The Bertz CT molecular complexity index is 705. The van der Waals surface area contributed by atoms with E-state index in [0.29, 0.717) is 5.92 Å². The van der Waals surface area contributed by atoms with Crippen molar-refractivity contribution >= 4 is 5.69 Å². The van der Waals surface area contributed by atoms with Crippen LogP contribution in [-0.4, -0.2) is 13.2 Å². The van der Waals surface area contributed by atoms with E-state index in [9.17, 15) is 0 Å². The molecule has 158 valence electrons. The Morgan fingerprint density at radius 2 is 1.66 bits per heavy atom. The molecule has 2 aromatic carbocycles. The number of ether oxygens (including phenoxy) is 2. The highest BCUT2D eigenvalue weighted by atomic mass is 16.5. The minimum atomic E-state index is 0.666. The Morgan fingerprint density at radius 1 is 0.897 bits per heavy atom. The Labute approximate surface area is 176 Å². The summed E-state index contributed by atoms with van der Waals surface area (Å²) in [6.45, 7) is 6.83. The van der Waals surface area contributed by atoms with E-state index < -0.39 is 0 Å². The molecule has 0 amide bonds. The minimum Gasteiger partial charge on any atom is -0.494 e. The summed E-state index contributed by atoms with van der Waals surface area (Å²) in [5.74, 6) is 3.45. The van der Waals surface area contributed by atoms with Crippen LogP contribution in [0.1, 0.15) is 64.4 Å². The van der Waals surface area contributed by atoms with E-state index >= 15 is 0 Å². The molecule has 0 aromatic heterocycles. The van der Waals surface area contributed by atoms with E-state index in [0.717, 1.165) is 49.3 Å². The molecule has 1 aliphatic rings. The molecule has 1 N–H and O–H groups in total. The Kier molecular flexibility index (Phi) is 8.73. The van der Waals surface area contributed by atoms with Crippen LogP contribution in [0.3, 0.4) is 0 Å². The summed E-state index contributed by atoms with van der Waals surface area (Å²) < 4.78 is 11.8. The van der Waals surface area contributed by atoms with Crippen molar-refractivity contribution in [3.05, 3.63) is 54.1 Å². The zero-order chi connectivity index (χ0) is 20.3. The lowest BCUT2D eigenvalue weighted by molar-refractivity contribution is 0.246. The number of anilines is 1. The fourth-order valence-electron chi connectivity index (χ4n) is 3.85. The second kappa shape index (κ2) is 11.7. The van der Waals surface area contributed by atoms with Gasteiger partial charge in [-0.05, 0) is 66.6 Å². The molecule has 1 saturated carbocycles. The largest absolute Gasteiger partial charge is 0.494 e. The van der Waals surface area contributed by atoms with Gasteiger partial charge in [0.25, 0.3) is 0 Å². The number of hydrogen-bond acceptors (Lipinski definition) is 3. The molecule has 0 atom stereocenters. The first-order valence-electron chi connectivity index (χ1n) is 11.4. The van der Waals surface area contributed by atoms with Crippen LogP contribution in [0.15, 0.2) is 48.5 Å². The smallest absolute Gasteiger partial charge is 0.119 e. The van der Waals surface area contributed by atoms with Gasteiger partial charge in [-0.25, -0.2) is 0 Å². The molecule has 0 unspecified atom stereocenters. The normalized spacial score (nSPS) is 14.7. The molecule has 0 radical (unpaired) electrons. The fourth-order valence-corrected chi connectivity index (χ4v) is 3.85. The lowest BCUT2D eigenvalue weighted by Gasteiger charge is -2.21. The van der Waals surface area contributed by atoms with Crippen molar-refractivity contribution in [1.29, 1.82) is 0 Å². The molecule has 3 rings (SSSR count). The topological polar surface area (TPSA) is 30.5 Å². The van der Waals surface area contributed by atoms with Crippen LogP contribution in [-0.2, 0) is 6.54 Å². The molecule has 3 heteroatoms. The van der Waals surface area contributed by atoms with Gasteiger partial charge in [0.15, 0.2) is 0 Å². The highest BCUT2D eigenvalue weighted by Gasteiger charge is 2.13. The third-order valence-corrected chi connectivity index (χ3v) is 5.73. The predicted octanol–water partition coefficient (Wildman–Crippen LogP) is 7.07. The molecular weight excluding hydrogens is 358 g/mol. The maximum Gasteiger partial charge on any atom is 0.119 e. The third kappa shape index (κ3) is 8.00. The van der Waals surface area contributed by atoms with Crippen LogP contribution >= 0.6 is 0 Å². The van der Waals surface area contributed by atoms with Crippen molar-refractivity contribution in [2.24, 2.45) is 11.8 Å². The summed E-state index contributed by atoms with van der Waals surface area (Å²) in [5, 5.41) is 3.49. The fraction of sp³-hybridized carbons (Fsp3) is 0.538. The van der Waals surface area contributed by atoms with Crippen LogP contribution in [0.5, 0.6) is 11.5 Å². The molecule has 0 spiro atoms. The van der Waals surface area contributed by atoms with Crippen molar-refractivity contribution < 1.29 is 9.47 Å². The second-order valence-corrected chi connectivity index (χ2v) is 8.70. The molecule has 1 fully saturated rings. The van der Waals surface area contributed by atoms with Gasteiger partial charge in [-0.15, -0.1) is 0 Å². The summed E-state index contributed by atoms with van der Waals surface area (Å²) in [6, 6.07) is 16.7. The zero-order valence-electron chi connectivity index (χ0n) is 18.2. The molecular formula is C26H37NO2. The van der Waals surface area contributed by atoms with Crippen LogP contribution in [0.25, 0.3) is 0 Å². The van der Waals surface area contributed by atoms with Gasteiger partial charge in [0.1, 0.15) is 11.5 Å². The van der Waals surface area contributed by atoms with Gasteiger partial charge in [-0.3, -0.25) is 0 Å². The number of benzene rings is 2. The van der Waals surface area contributed by atoms with Crippen molar-refractivity contribution in [3.63, 3.8) is 0 Å². The van der Waals surface area contributed by atoms with Crippen LogP contribution in [0, 0.1) is 11.8 Å². The van der Waals surface area contributed by atoms with Crippen LogP contribution < -0.4 is 14.8 Å². The molecule has 0 bridgehead atoms. The first-order chi connectivity index (χ1) is 14.2. The standard InChI is InChI=1S/C26H37NO2/c1-21(2)15-17-29-26-10-6-9-23(19-26)20-27-24-11-13-25(14-12-24)28-18-16-22-7-4-3-5-8-22/h6,9-14,19,21-22,27H,3-5,7-8,15-18,20H2,1-2H3. The molecule has 0 saturated heterocycles. The summed E-state index contributed by atoms with van der Waals surface area (Å²) in [4.78, 5) is 0. The van der Waals surface area contributed by atoms with Gasteiger partial charge in [-0.2, -0.15) is 0 Å². The molecule has 0 aliphatic heterocycles. The van der Waals surface area contributed by atoms with Crippen molar-refractivity contribution in [2.45, 2.75) is 65.3 Å². The Hall–Kier alpha value is -2.16. The van der Waals surface area contributed by atoms with E-state index in [1.807, 2.05) is 6.07 Å². The van der Waals surface area contributed by atoms with E-state index in [1.54, 1.807) is 0 Å². The van der Waals surface area contributed by atoms with E-state index in [2.05, 4.69) is 61.6 Å². The van der Waals surface area contributed by atoms with Crippen molar-refractivity contribution in [3.8, 4) is 11.5 Å². The van der Waals surface area contributed by atoms with Gasteiger partial charge in [-0.1, -0.05) is 58.1 Å². The van der Waals surface area contributed by atoms with Gasteiger partial charge in [0, 0.05) is 12.2 Å². The molecule has 0 heterocycles. The number of nitrogens with one attached hydrogen (secondary N) is 1. The average Bonchev–Trinajstić information content (AvgIpc) is 2.74. The van der Waals surface area contributed by atoms with Crippen molar-refractivity contribution in [2.75, 3.05) is 18.5 Å². The molecule has 29 heavy (non-hydrogen) atoms. The third-order valence-electron chi connectivity index (χ3n) is 5.73. The van der Waals surface area contributed by atoms with Crippen LogP contribution in [0.4, 0.5) is 5.69 Å². The maximum atomic E-state index is 5.95. The number of rotatable bonds is 11. The van der Waals surface area contributed by atoms with Crippen LogP contribution in [0.2, 0.25) is 0 Å². The van der Waals surface area contributed by atoms with E-state index in [4.69, 9.17) is 9.47 Å². The Morgan fingerprint density at radius 3 is 2.41 bits per heavy atom.